The number of hydrogen-bond acceptors (Lipinski definition) is 4. The number of halogens is 2. The molecule has 3 aromatic rings. The Morgan fingerprint density at radius 2 is 1.85 bits per heavy atom. The van der Waals surface area contributed by atoms with E-state index in [9.17, 15) is 9.18 Å². The second-order valence-electron chi connectivity index (χ2n) is 7.36. The number of nitrogen functional groups attached to an aromatic ring is 1. The van der Waals surface area contributed by atoms with Crippen molar-refractivity contribution in [3.8, 4) is 11.5 Å². The van der Waals surface area contributed by atoms with Crippen LogP contribution in [0.15, 0.2) is 60.7 Å². The quantitative estimate of drug-likeness (QED) is 0.322. The van der Waals surface area contributed by atoms with Gasteiger partial charge in [-0.05, 0) is 49.2 Å². The summed E-state index contributed by atoms with van der Waals surface area (Å²) in [5.41, 5.74) is 7.10. The van der Waals surface area contributed by atoms with Gasteiger partial charge in [-0.2, -0.15) is 0 Å². The molecule has 0 aliphatic heterocycles. The lowest BCUT2D eigenvalue weighted by Gasteiger charge is -2.20. The number of ether oxygens (including phenoxy) is 2. The van der Waals surface area contributed by atoms with Crippen LogP contribution in [-0.2, 0) is 16.1 Å². The Morgan fingerprint density at radius 1 is 1.12 bits per heavy atom. The highest BCUT2D eigenvalue weighted by atomic mass is 19.1. The van der Waals surface area contributed by atoms with Crippen molar-refractivity contribution in [1.29, 1.82) is 5.41 Å². The standard InChI is InChI=1S/C25H25F2N3O3/c1-3-32-23(25(31)30-14-16-7-9-17(10-8-16)24(28)29)21-19(26)11-12-20(22(21)27)33-18-6-4-5-15(2)13-18/h4-13,23H,3,14H2,1-2H3,(H3,28,29)(H,30,31). The predicted molar refractivity (Wildman–Crippen MR) is 121 cm³/mol. The molecule has 0 aliphatic carbocycles. The highest BCUT2D eigenvalue weighted by Gasteiger charge is 2.30. The van der Waals surface area contributed by atoms with Crippen LogP contribution in [0, 0.1) is 24.0 Å². The molecule has 1 atom stereocenters. The van der Waals surface area contributed by atoms with E-state index < -0.39 is 29.2 Å². The number of nitrogens with one attached hydrogen (secondary N) is 2. The SMILES string of the molecule is CCOC(C(=O)NCc1ccc(C(=N)N)cc1)c1c(F)ccc(Oc2cccc(C)c2)c1F. The lowest BCUT2D eigenvalue weighted by Crippen LogP contribution is -2.31. The molecule has 0 saturated heterocycles. The smallest absolute Gasteiger partial charge is 0.254 e. The van der Waals surface area contributed by atoms with Crippen LogP contribution in [0.2, 0.25) is 0 Å². The Labute approximate surface area is 190 Å². The fourth-order valence-corrected chi connectivity index (χ4v) is 3.22. The van der Waals surface area contributed by atoms with E-state index in [0.717, 1.165) is 17.2 Å². The van der Waals surface area contributed by atoms with Gasteiger partial charge in [-0.1, -0.05) is 36.4 Å². The van der Waals surface area contributed by atoms with Crippen molar-refractivity contribution < 1.29 is 23.0 Å². The summed E-state index contributed by atoms with van der Waals surface area (Å²) in [6.45, 7) is 3.66. The number of amidine groups is 1. The molecule has 6 nitrogen and oxygen atoms in total. The largest absolute Gasteiger partial charge is 0.454 e. The van der Waals surface area contributed by atoms with Gasteiger partial charge in [-0.3, -0.25) is 10.2 Å². The van der Waals surface area contributed by atoms with Crippen LogP contribution in [0.25, 0.3) is 0 Å². The van der Waals surface area contributed by atoms with Crippen LogP contribution in [0.1, 0.15) is 35.3 Å². The van der Waals surface area contributed by atoms with E-state index >= 15 is 4.39 Å². The molecule has 0 heterocycles. The molecule has 0 aromatic heterocycles. The molecule has 33 heavy (non-hydrogen) atoms. The van der Waals surface area contributed by atoms with Gasteiger partial charge < -0.3 is 20.5 Å². The minimum Gasteiger partial charge on any atom is -0.454 e. The molecule has 0 fully saturated rings. The summed E-state index contributed by atoms with van der Waals surface area (Å²) < 4.78 is 41.0. The van der Waals surface area contributed by atoms with E-state index in [1.54, 1.807) is 49.4 Å². The van der Waals surface area contributed by atoms with Crippen LogP contribution in [0.5, 0.6) is 11.5 Å². The van der Waals surface area contributed by atoms with Gasteiger partial charge in [0.05, 0.1) is 5.56 Å². The number of nitrogens with two attached hydrogens (primary N) is 1. The van der Waals surface area contributed by atoms with Crippen molar-refractivity contribution >= 4 is 11.7 Å². The summed E-state index contributed by atoms with van der Waals surface area (Å²) in [5, 5.41) is 10.1. The third-order valence-electron chi connectivity index (χ3n) is 4.87. The minimum atomic E-state index is -1.51. The molecule has 0 spiro atoms. The maximum absolute atomic E-state index is 15.3. The predicted octanol–water partition coefficient (Wildman–Crippen LogP) is 4.74. The minimum absolute atomic E-state index is 0.0627. The van der Waals surface area contributed by atoms with E-state index in [2.05, 4.69) is 5.32 Å². The van der Waals surface area contributed by atoms with Gasteiger partial charge in [0.15, 0.2) is 17.7 Å². The van der Waals surface area contributed by atoms with E-state index in [1.165, 1.54) is 6.07 Å². The molecule has 1 amide bonds. The van der Waals surface area contributed by atoms with Crippen molar-refractivity contribution in [3.63, 3.8) is 0 Å². The zero-order valence-corrected chi connectivity index (χ0v) is 18.3. The Bertz CT molecular complexity index is 1150. The number of rotatable bonds is 9. The summed E-state index contributed by atoms with van der Waals surface area (Å²) in [7, 11) is 0. The molecule has 3 aromatic carbocycles. The third kappa shape index (κ3) is 5.93. The van der Waals surface area contributed by atoms with Crippen LogP contribution >= 0.6 is 0 Å². The van der Waals surface area contributed by atoms with Crippen LogP contribution in [-0.4, -0.2) is 18.3 Å². The van der Waals surface area contributed by atoms with Gasteiger partial charge in [0.25, 0.3) is 5.91 Å². The Balaban J connectivity index is 1.82. The Morgan fingerprint density at radius 3 is 2.48 bits per heavy atom. The zero-order chi connectivity index (χ0) is 24.0. The van der Waals surface area contributed by atoms with Gasteiger partial charge in [0.1, 0.15) is 17.4 Å². The average molecular weight is 453 g/mol. The topological polar surface area (TPSA) is 97.4 Å². The second kappa shape index (κ2) is 10.7. The van der Waals surface area contributed by atoms with Crippen molar-refractivity contribution in [2.75, 3.05) is 6.61 Å². The van der Waals surface area contributed by atoms with E-state index in [-0.39, 0.29) is 24.7 Å². The summed E-state index contributed by atoms with van der Waals surface area (Å²) in [4.78, 5) is 12.8. The highest BCUT2D eigenvalue weighted by Crippen LogP contribution is 2.33. The maximum Gasteiger partial charge on any atom is 0.254 e. The van der Waals surface area contributed by atoms with Crippen LogP contribution < -0.4 is 15.8 Å². The van der Waals surface area contributed by atoms with Crippen molar-refractivity contribution in [2.45, 2.75) is 26.5 Å². The van der Waals surface area contributed by atoms with Gasteiger partial charge in [-0.15, -0.1) is 0 Å². The van der Waals surface area contributed by atoms with Gasteiger partial charge in [-0.25, -0.2) is 8.78 Å². The van der Waals surface area contributed by atoms with Gasteiger partial charge in [0.2, 0.25) is 0 Å². The first-order valence-corrected chi connectivity index (χ1v) is 10.3. The number of hydrogen-bond donors (Lipinski definition) is 3. The lowest BCUT2D eigenvalue weighted by atomic mass is 10.1. The molecule has 0 aliphatic rings. The Kier molecular flexibility index (Phi) is 7.74. The summed E-state index contributed by atoms with van der Waals surface area (Å²) in [6, 6.07) is 15.9. The molecule has 0 saturated carbocycles. The van der Waals surface area contributed by atoms with Crippen LogP contribution in [0.4, 0.5) is 8.78 Å². The average Bonchev–Trinajstić information content (AvgIpc) is 2.79. The molecule has 0 bridgehead atoms. The number of carbonyl (C=O) groups excluding carboxylic acids is 1. The Hall–Kier alpha value is -3.78. The fourth-order valence-electron chi connectivity index (χ4n) is 3.22. The van der Waals surface area contributed by atoms with E-state index in [0.29, 0.717) is 11.3 Å². The molecular weight excluding hydrogens is 428 g/mol. The molecule has 4 N–H and O–H groups in total. The first-order chi connectivity index (χ1) is 15.8. The first-order valence-electron chi connectivity index (χ1n) is 10.3. The fraction of sp³-hybridized carbons (Fsp3) is 0.200. The normalized spacial score (nSPS) is 11.6. The maximum atomic E-state index is 15.3. The molecule has 1 unspecified atom stereocenters. The molecule has 0 radical (unpaired) electrons. The molecular formula is C25H25F2N3O3. The summed E-state index contributed by atoms with van der Waals surface area (Å²) in [6.07, 6.45) is -1.51. The number of amides is 1. The van der Waals surface area contributed by atoms with Gasteiger partial charge in [0, 0.05) is 18.7 Å². The zero-order valence-electron chi connectivity index (χ0n) is 18.3. The number of benzene rings is 3. The summed E-state index contributed by atoms with van der Waals surface area (Å²) >= 11 is 0. The molecule has 3 rings (SSSR count). The van der Waals surface area contributed by atoms with Crippen LogP contribution in [0.3, 0.4) is 0 Å². The van der Waals surface area contributed by atoms with Crippen molar-refractivity contribution in [2.24, 2.45) is 5.73 Å². The first kappa shape index (κ1) is 23.9. The van der Waals surface area contributed by atoms with E-state index in [4.69, 9.17) is 20.6 Å². The molecule has 8 heteroatoms. The molecule has 172 valence electrons. The van der Waals surface area contributed by atoms with Crippen molar-refractivity contribution in [3.05, 3.63) is 94.6 Å². The van der Waals surface area contributed by atoms with Crippen molar-refractivity contribution in [1.82, 2.24) is 5.32 Å². The van der Waals surface area contributed by atoms with Gasteiger partial charge >= 0.3 is 0 Å². The third-order valence-corrected chi connectivity index (χ3v) is 4.87. The van der Waals surface area contributed by atoms with E-state index in [1.807, 2.05) is 13.0 Å². The highest BCUT2D eigenvalue weighted by molar-refractivity contribution is 5.94. The second-order valence-corrected chi connectivity index (χ2v) is 7.36. The lowest BCUT2D eigenvalue weighted by molar-refractivity contribution is -0.133. The summed E-state index contributed by atoms with van der Waals surface area (Å²) in [5.74, 6) is -2.51. The monoisotopic (exact) mass is 453 g/mol. The number of aryl methyl sites for hydroxylation is 1. The number of carbonyl (C=O) groups is 1.